The van der Waals surface area contributed by atoms with Gasteiger partial charge in [-0.3, -0.25) is 13.9 Å². The number of halogens is 2. The molecule has 10 heteroatoms. The number of carbonyl (C=O) groups is 2. The van der Waals surface area contributed by atoms with E-state index in [4.69, 9.17) is 23.2 Å². The fourth-order valence-corrected chi connectivity index (χ4v) is 5.25. The second-order valence-electron chi connectivity index (χ2n) is 9.06. The summed E-state index contributed by atoms with van der Waals surface area (Å²) in [5.41, 5.74) is 2.71. The number of amides is 2. The second kappa shape index (κ2) is 12.8. The van der Waals surface area contributed by atoms with Crippen molar-refractivity contribution in [2.75, 3.05) is 17.1 Å². The number of rotatable bonds is 11. The quantitative estimate of drug-likeness (QED) is 0.418. The zero-order chi connectivity index (χ0) is 27.2. The molecule has 2 atom stereocenters. The lowest BCUT2D eigenvalue weighted by Gasteiger charge is -2.34. The SMILES string of the molecule is CCC(C)NC(=O)C(CC)N(Cc1ccc(Cl)cc1Cl)C(=O)CN(c1ccc(C)cc1C)S(C)(=O)=O. The number of nitrogens with one attached hydrogen (secondary N) is 1. The monoisotopic (exact) mass is 555 g/mol. The van der Waals surface area contributed by atoms with Crippen molar-refractivity contribution in [2.45, 2.75) is 66.1 Å². The van der Waals surface area contributed by atoms with Crippen LogP contribution in [0.4, 0.5) is 5.69 Å². The molecule has 2 rings (SSSR count). The molecular formula is C26H35Cl2N3O4S. The average molecular weight is 557 g/mol. The molecule has 0 aliphatic rings. The predicted molar refractivity (Wildman–Crippen MR) is 147 cm³/mol. The number of nitrogens with zero attached hydrogens (tertiary/aromatic N) is 2. The summed E-state index contributed by atoms with van der Waals surface area (Å²) in [6.07, 6.45) is 2.13. The molecule has 2 amide bonds. The minimum Gasteiger partial charge on any atom is -0.352 e. The highest BCUT2D eigenvalue weighted by atomic mass is 35.5. The molecule has 0 aromatic heterocycles. The Balaban J connectivity index is 2.51. The van der Waals surface area contributed by atoms with Gasteiger partial charge >= 0.3 is 0 Å². The molecule has 36 heavy (non-hydrogen) atoms. The van der Waals surface area contributed by atoms with Crippen molar-refractivity contribution in [2.24, 2.45) is 0 Å². The largest absolute Gasteiger partial charge is 0.352 e. The normalized spacial score (nSPS) is 13.1. The van der Waals surface area contributed by atoms with E-state index in [0.29, 0.717) is 27.7 Å². The fourth-order valence-electron chi connectivity index (χ4n) is 3.87. The van der Waals surface area contributed by atoms with Crippen molar-refractivity contribution in [1.82, 2.24) is 10.2 Å². The van der Waals surface area contributed by atoms with Crippen molar-refractivity contribution in [1.29, 1.82) is 0 Å². The van der Waals surface area contributed by atoms with Gasteiger partial charge in [-0.25, -0.2) is 8.42 Å². The molecule has 0 heterocycles. The molecule has 0 saturated carbocycles. The van der Waals surface area contributed by atoms with Crippen molar-refractivity contribution in [3.05, 3.63) is 63.1 Å². The summed E-state index contributed by atoms with van der Waals surface area (Å²) in [6, 6.07) is 9.37. The Bertz CT molecular complexity index is 1200. The van der Waals surface area contributed by atoms with Crippen molar-refractivity contribution >= 4 is 50.7 Å². The van der Waals surface area contributed by atoms with Gasteiger partial charge in [-0.05, 0) is 62.9 Å². The van der Waals surface area contributed by atoms with Crippen LogP contribution >= 0.6 is 23.2 Å². The number of carbonyl (C=O) groups excluding carboxylic acids is 2. The third-order valence-electron chi connectivity index (χ3n) is 6.04. The summed E-state index contributed by atoms with van der Waals surface area (Å²) in [7, 11) is -3.80. The Hall–Kier alpha value is -2.29. The summed E-state index contributed by atoms with van der Waals surface area (Å²) in [6.45, 7) is 8.92. The van der Waals surface area contributed by atoms with E-state index in [2.05, 4.69) is 5.32 Å². The van der Waals surface area contributed by atoms with Crippen LogP contribution < -0.4 is 9.62 Å². The number of aryl methyl sites for hydroxylation is 2. The lowest BCUT2D eigenvalue weighted by molar-refractivity contribution is -0.140. The van der Waals surface area contributed by atoms with Gasteiger partial charge in [-0.1, -0.05) is 60.8 Å². The lowest BCUT2D eigenvalue weighted by atomic mass is 10.1. The smallest absolute Gasteiger partial charge is 0.244 e. The predicted octanol–water partition coefficient (Wildman–Crippen LogP) is 5.10. The number of anilines is 1. The van der Waals surface area contributed by atoms with Crippen LogP contribution in [-0.2, 0) is 26.2 Å². The summed E-state index contributed by atoms with van der Waals surface area (Å²) in [5, 5.41) is 3.74. The van der Waals surface area contributed by atoms with E-state index in [9.17, 15) is 18.0 Å². The van der Waals surface area contributed by atoms with Gasteiger partial charge in [-0.2, -0.15) is 0 Å². The number of hydrogen-bond donors (Lipinski definition) is 1. The lowest BCUT2D eigenvalue weighted by Crippen LogP contribution is -2.53. The van der Waals surface area contributed by atoms with Crippen LogP contribution in [0.2, 0.25) is 10.0 Å². The van der Waals surface area contributed by atoms with Gasteiger partial charge in [-0.15, -0.1) is 0 Å². The van der Waals surface area contributed by atoms with Crippen LogP contribution in [0.5, 0.6) is 0 Å². The molecule has 0 aliphatic carbocycles. The van der Waals surface area contributed by atoms with Crippen LogP contribution in [0.1, 0.15) is 50.3 Å². The minimum absolute atomic E-state index is 0.0196. The molecular weight excluding hydrogens is 521 g/mol. The Morgan fingerprint density at radius 3 is 2.22 bits per heavy atom. The molecule has 2 aromatic carbocycles. The molecule has 1 N–H and O–H groups in total. The van der Waals surface area contributed by atoms with Gasteiger partial charge in [0.2, 0.25) is 21.8 Å². The van der Waals surface area contributed by atoms with Gasteiger partial charge in [0.25, 0.3) is 0 Å². The molecule has 0 radical (unpaired) electrons. The first-order valence-electron chi connectivity index (χ1n) is 11.9. The van der Waals surface area contributed by atoms with E-state index in [1.54, 1.807) is 37.3 Å². The van der Waals surface area contributed by atoms with E-state index in [-0.39, 0.29) is 18.5 Å². The first-order chi connectivity index (χ1) is 16.8. The van der Waals surface area contributed by atoms with Crippen LogP contribution in [0, 0.1) is 13.8 Å². The van der Waals surface area contributed by atoms with Crippen LogP contribution in [0.25, 0.3) is 0 Å². The highest BCUT2D eigenvalue weighted by molar-refractivity contribution is 7.92. The van der Waals surface area contributed by atoms with E-state index in [1.165, 1.54) is 4.90 Å². The molecule has 0 aliphatic heterocycles. The Morgan fingerprint density at radius 1 is 1.03 bits per heavy atom. The molecule has 0 spiro atoms. The van der Waals surface area contributed by atoms with Crippen molar-refractivity contribution in [3.63, 3.8) is 0 Å². The zero-order valence-electron chi connectivity index (χ0n) is 21.6. The van der Waals surface area contributed by atoms with Gasteiger partial charge in [0.15, 0.2) is 0 Å². The maximum absolute atomic E-state index is 13.8. The molecule has 2 unspecified atom stereocenters. The van der Waals surface area contributed by atoms with Crippen molar-refractivity contribution < 1.29 is 18.0 Å². The van der Waals surface area contributed by atoms with E-state index < -0.39 is 28.5 Å². The van der Waals surface area contributed by atoms with E-state index in [0.717, 1.165) is 28.1 Å². The highest BCUT2D eigenvalue weighted by Crippen LogP contribution is 2.26. The van der Waals surface area contributed by atoms with Crippen molar-refractivity contribution in [3.8, 4) is 0 Å². The first kappa shape index (κ1) is 29.9. The third-order valence-corrected chi connectivity index (χ3v) is 7.76. The van der Waals surface area contributed by atoms with Gasteiger partial charge in [0.05, 0.1) is 11.9 Å². The number of benzene rings is 2. The van der Waals surface area contributed by atoms with E-state index in [1.807, 2.05) is 33.8 Å². The fraction of sp³-hybridized carbons (Fsp3) is 0.462. The average Bonchev–Trinajstić information content (AvgIpc) is 2.78. The minimum atomic E-state index is -3.80. The van der Waals surface area contributed by atoms with Crippen LogP contribution in [0.3, 0.4) is 0 Å². The molecule has 0 saturated heterocycles. The maximum Gasteiger partial charge on any atom is 0.244 e. The highest BCUT2D eigenvalue weighted by Gasteiger charge is 2.32. The van der Waals surface area contributed by atoms with Gasteiger partial charge in [0, 0.05) is 22.6 Å². The Morgan fingerprint density at radius 2 is 1.69 bits per heavy atom. The zero-order valence-corrected chi connectivity index (χ0v) is 24.0. The molecule has 198 valence electrons. The molecule has 0 fully saturated rings. The summed E-state index contributed by atoms with van der Waals surface area (Å²) in [4.78, 5) is 28.3. The molecule has 7 nitrogen and oxygen atoms in total. The van der Waals surface area contributed by atoms with Gasteiger partial charge in [0.1, 0.15) is 12.6 Å². The number of sulfonamides is 1. The summed E-state index contributed by atoms with van der Waals surface area (Å²) >= 11 is 12.4. The standard InChI is InChI=1S/C26H35Cl2N3O4S/c1-7-19(5)29-26(33)23(8-2)30(15-20-10-11-21(27)14-22(20)28)25(32)16-31(36(6,34)35)24-12-9-17(3)13-18(24)4/h9-14,19,23H,7-8,15-16H2,1-6H3,(H,29,33). The molecule has 2 aromatic rings. The molecule has 0 bridgehead atoms. The topological polar surface area (TPSA) is 86.8 Å². The second-order valence-corrected chi connectivity index (χ2v) is 11.8. The first-order valence-corrected chi connectivity index (χ1v) is 14.5. The Kier molecular flexibility index (Phi) is 10.6. The summed E-state index contributed by atoms with van der Waals surface area (Å²) < 4.78 is 26.6. The summed E-state index contributed by atoms with van der Waals surface area (Å²) in [5.74, 6) is -0.819. The van der Waals surface area contributed by atoms with Crippen LogP contribution in [0.15, 0.2) is 36.4 Å². The van der Waals surface area contributed by atoms with Gasteiger partial charge < -0.3 is 10.2 Å². The number of hydrogen-bond acceptors (Lipinski definition) is 4. The Labute approximate surface area is 224 Å². The van der Waals surface area contributed by atoms with E-state index >= 15 is 0 Å². The van der Waals surface area contributed by atoms with Crippen LogP contribution in [-0.4, -0.2) is 50.0 Å². The third kappa shape index (κ3) is 7.85. The maximum atomic E-state index is 13.8.